The number of piperidine rings is 1. The van der Waals surface area contributed by atoms with Crippen molar-refractivity contribution in [2.45, 2.75) is 46.2 Å². The molecular formula is C25H34N2O3. The number of rotatable bonds is 9. The van der Waals surface area contributed by atoms with E-state index in [2.05, 4.69) is 34.5 Å². The molecule has 162 valence electrons. The third-order valence-corrected chi connectivity index (χ3v) is 5.55. The molecular weight excluding hydrogens is 376 g/mol. The van der Waals surface area contributed by atoms with Gasteiger partial charge in [0.25, 0.3) is 0 Å². The zero-order valence-corrected chi connectivity index (χ0v) is 18.4. The second-order valence-electron chi connectivity index (χ2n) is 7.86. The number of hydrogen-bond donors (Lipinski definition) is 1. The molecule has 0 aromatic heterocycles. The highest BCUT2D eigenvalue weighted by Gasteiger charge is 2.27. The minimum Gasteiger partial charge on any atom is -0.490 e. The largest absolute Gasteiger partial charge is 0.490 e. The van der Waals surface area contributed by atoms with Crippen LogP contribution in [0.25, 0.3) is 0 Å². The van der Waals surface area contributed by atoms with Crippen molar-refractivity contribution in [1.82, 2.24) is 10.2 Å². The number of nitrogens with zero attached hydrogens (tertiary/aromatic N) is 1. The third kappa shape index (κ3) is 5.99. The van der Waals surface area contributed by atoms with Crippen molar-refractivity contribution in [3.63, 3.8) is 0 Å². The molecule has 0 aliphatic carbocycles. The van der Waals surface area contributed by atoms with Crippen LogP contribution in [0.1, 0.15) is 50.8 Å². The Hall–Kier alpha value is -2.53. The van der Waals surface area contributed by atoms with Gasteiger partial charge in [-0.1, -0.05) is 36.4 Å². The van der Waals surface area contributed by atoms with E-state index >= 15 is 0 Å². The normalized spacial score (nSPS) is 17.9. The summed E-state index contributed by atoms with van der Waals surface area (Å²) in [5.41, 5.74) is 2.32. The lowest BCUT2D eigenvalue weighted by molar-refractivity contribution is -0.127. The summed E-state index contributed by atoms with van der Waals surface area (Å²) in [5, 5.41) is 3.21. The van der Waals surface area contributed by atoms with Gasteiger partial charge in [0.2, 0.25) is 5.91 Å². The summed E-state index contributed by atoms with van der Waals surface area (Å²) < 4.78 is 11.4. The fraction of sp³-hybridized carbons (Fsp3) is 0.480. The predicted molar refractivity (Wildman–Crippen MR) is 120 cm³/mol. The van der Waals surface area contributed by atoms with E-state index in [4.69, 9.17) is 9.47 Å². The van der Waals surface area contributed by atoms with Gasteiger partial charge in [-0.3, -0.25) is 9.69 Å². The Bertz CT molecular complexity index is 809. The monoisotopic (exact) mass is 410 g/mol. The van der Waals surface area contributed by atoms with Crippen molar-refractivity contribution in [1.29, 1.82) is 0 Å². The molecule has 1 saturated heterocycles. The maximum atomic E-state index is 13.0. The van der Waals surface area contributed by atoms with Crippen molar-refractivity contribution in [3.05, 3.63) is 59.7 Å². The number of carbonyl (C=O) groups is 1. The first-order chi connectivity index (χ1) is 14.6. The number of hydrogen-bond acceptors (Lipinski definition) is 4. The average Bonchev–Trinajstić information content (AvgIpc) is 2.76. The van der Waals surface area contributed by atoms with Gasteiger partial charge in [-0.25, -0.2) is 0 Å². The van der Waals surface area contributed by atoms with Gasteiger partial charge in [0.05, 0.1) is 25.2 Å². The van der Waals surface area contributed by atoms with Crippen LogP contribution < -0.4 is 14.8 Å². The number of nitrogens with one attached hydrogen (secondary N) is 1. The third-order valence-electron chi connectivity index (χ3n) is 5.55. The first kappa shape index (κ1) is 22.2. The Morgan fingerprint density at radius 1 is 1.10 bits per heavy atom. The molecule has 0 saturated carbocycles. The Morgan fingerprint density at radius 2 is 1.83 bits per heavy atom. The van der Waals surface area contributed by atoms with Gasteiger partial charge < -0.3 is 14.8 Å². The van der Waals surface area contributed by atoms with E-state index in [1.54, 1.807) is 0 Å². The van der Waals surface area contributed by atoms with Crippen LogP contribution in [0.5, 0.6) is 11.5 Å². The SMILES string of the molecule is CCOc1ccc(C(C)NC(=O)C2CCCN(Cc3ccccc3)C2)cc1OCC. The Balaban J connectivity index is 1.60. The van der Waals surface area contributed by atoms with Crippen molar-refractivity contribution in [2.75, 3.05) is 26.3 Å². The molecule has 1 N–H and O–H groups in total. The average molecular weight is 411 g/mol. The zero-order chi connectivity index (χ0) is 21.3. The lowest BCUT2D eigenvalue weighted by atomic mass is 9.96. The summed E-state index contributed by atoms with van der Waals surface area (Å²) in [5.74, 6) is 1.63. The number of likely N-dealkylation sites (tertiary alicyclic amines) is 1. The minimum atomic E-state index is -0.0862. The number of ether oxygens (including phenoxy) is 2. The van der Waals surface area contributed by atoms with E-state index in [1.807, 2.05) is 45.0 Å². The predicted octanol–water partition coefficient (Wildman–Crippen LogP) is 4.57. The molecule has 1 aliphatic rings. The molecule has 1 aliphatic heterocycles. The molecule has 2 aromatic rings. The maximum Gasteiger partial charge on any atom is 0.224 e. The summed E-state index contributed by atoms with van der Waals surface area (Å²) in [4.78, 5) is 15.4. The molecule has 1 heterocycles. The van der Waals surface area contributed by atoms with Gasteiger partial charge in [-0.15, -0.1) is 0 Å². The molecule has 0 spiro atoms. The molecule has 0 bridgehead atoms. The minimum absolute atomic E-state index is 0.0268. The summed E-state index contributed by atoms with van der Waals surface area (Å²) in [7, 11) is 0. The van der Waals surface area contributed by atoms with E-state index in [1.165, 1.54) is 5.56 Å². The Morgan fingerprint density at radius 3 is 2.57 bits per heavy atom. The second kappa shape index (κ2) is 11.0. The summed E-state index contributed by atoms with van der Waals surface area (Å²) in [6.45, 7) is 9.85. The van der Waals surface area contributed by atoms with Gasteiger partial charge in [0.15, 0.2) is 11.5 Å². The van der Waals surface area contributed by atoms with Crippen molar-refractivity contribution < 1.29 is 14.3 Å². The van der Waals surface area contributed by atoms with Crippen LogP contribution >= 0.6 is 0 Å². The van der Waals surface area contributed by atoms with Crippen LogP contribution in [0.15, 0.2) is 48.5 Å². The molecule has 2 unspecified atom stereocenters. The first-order valence-corrected chi connectivity index (χ1v) is 11.1. The van der Waals surface area contributed by atoms with E-state index in [-0.39, 0.29) is 17.9 Å². The van der Waals surface area contributed by atoms with Crippen molar-refractivity contribution in [3.8, 4) is 11.5 Å². The lowest BCUT2D eigenvalue weighted by Crippen LogP contribution is -2.43. The van der Waals surface area contributed by atoms with Gasteiger partial charge in [-0.2, -0.15) is 0 Å². The van der Waals surface area contributed by atoms with Crippen molar-refractivity contribution >= 4 is 5.91 Å². The molecule has 5 nitrogen and oxygen atoms in total. The molecule has 5 heteroatoms. The fourth-order valence-corrected chi connectivity index (χ4v) is 4.01. The van der Waals surface area contributed by atoms with Gasteiger partial charge in [0, 0.05) is 13.1 Å². The standard InChI is InChI=1S/C25H34N2O3/c1-4-29-23-14-13-21(16-24(23)30-5-2)19(3)26-25(28)22-12-9-15-27(18-22)17-20-10-7-6-8-11-20/h6-8,10-11,13-14,16,19,22H,4-5,9,12,15,17-18H2,1-3H3,(H,26,28). The molecule has 2 aromatic carbocycles. The van der Waals surface area contributed by atoms with Crippen LogP contribution in [0, 0.1) is 5.92 Å². The smallest absolute Gasteiger partial charge is 0.224 e. The maximum absolute atomic E-state index is 13.0. The van der Waals surface area contributed by atoms with Gasteiger partial charge in [0.1, 0.15) is 0 Å². The quantitative estimate of drug-likeness (QED) is 0.658. The highest BCUT2D eigenvalue weighted by atomic mass is 16.5. The topological polar surface area (TPSA) is 50.8 Å². The van der Waals surface area contributed by atoms with Gasteiger partial charge >= 0.3 is 0 Å². The van der Waals surface area contributed by atoms with E-state index in [0.29, 0.717) is 13.2 Å². The molecule has 2 atom stereocenters. The number of amides is 1. The second-order valence-corrected chi connectivity index (χ2v) is 7.86. The molecule has 30 heavy (non-hydrogen) atoms. The highest BCUT2D eigenvalue weighted by Crippen LogP contribution is 2.31. The molecule has 1 amide bonds. The lowest BCUT2D eigenvalue weighted by Gasteiger charge is -2.32. The number of carbonyl (C=O) groups excluding carboxylic acids is 1. The fourth-order valence-electron chi connectivity index (χ4n) is 4.01. The summed E-state index contributed by atoms with van der Waals surface area (Å²) in [6.07, 6.45) is 1.99. The van der Waals surface area contributed by atoms with Crippen LogP contribution in [0.4, 0.5) is 0 Å². The summed E-state index contributed by atoms with van der Waals surface area (Å²) in [6, 6.07) is 16.3. The zero-order valence-electron chi connectivity index (χ0n) is 18.4. The van der Waals surface area contributed by atoms with Gasteiger partial charge in [-0.05, 0) is 63.4 Å². The van der Waals surface area contributed by atoms with E-state index in [0.717, 1.165) is 49.5 Å². The van der Waals surface area contributed by atoms with E-state index in [9.17, 15) is 4.79 Å². The Labute approximate surface area is 180 Å². The van der Waals surface area contributed by atoms with Crippen LogP contribution in [-0.2, 0) is 11.3 Å². The first-order valence-electron chi connectivity index (χ1n) is 11.1. The highest BCUT2D eigenvalue weighted by molar-refractivity contribution is 5.79. The molecule has 0 radical (unpaired) electrons. The van der Waals surface area contributed by atoms with E-state index < -0.39 is 0 Å². The summed E-state index contributed by atoms with van der Waals surface area (Å²) >= 11 is 0. The molecule has 3 rings (SSSR count). The number of benzene rings is 2. The molecule has 1 fully saturated rings. The van der Waals surface area contributed by atoms with Crippen LogP contribution in [0.2, 0.25) is 0 Å². The van der Waals surface area contributed by atoms with Crippen LogP contribution in [0.3, 0.4) is 0 Å². The Kier molecular flexibility index (Phi) is 8.14. The van der Waals surface area contributed by atoms with Crippen molar-refractivity contribution in [2.24, 2.45) is 5.92 Å². The van der Waals surface area contributed by atoms with Crippen LogP contribution in [-0.4, -0.2) is 37.1 Å².